The summed E-state index contributed by atoms with van der Waals surface area (Å²) in [6, 6.07) is 20.0. The summed E-state index contributed by atoms with van der Waals surface area (Å²) in [7, 11) is 0. The second kappa shape index (κ2) is 5.72. The highest BCUT2D eigenvalue weighted by molar-refractivity contribution is 5.80. The van der Waals surface area contributed by atoms with Crippen LogP contribution >= 0.6 is 0 Å². The highest BCUT2D eigenvalue weighted by atomic mass is 16.5. The molecule has 0 amide bonds. The summed E-state index contributed by atoms with van der Waals surface area (Å²) in [5.41, 5.74) is 8.60. The minimum atomic E-state index is 0.461. The Morgan fingerprint density at radius 3 is 2.60 bits per heavy atom. The van der Waals surface area contributed by atoms with Crippen LogP contribution in [-0.4, -0.2) is 4.98 Å². The van der Waals surface area contributed by atoms with Crippen molar-refractivity contribution < 1.29 is 4.74 Å². The van der Waals surface area contributed by atoms with Crippen molar-refractivity contribution in [1.29, 1.82) is 0 Å². The molecule has 0 aliphatic rings. The molecule has 0 aliphatic carbocycles. The first kappa shape index (κ1) is 12.6. The molecule has 3 aromatic rings. The number of aromatic nitrogens is 1. The van der Waals surface area contributed by atoms with E-state index in [2.05, 4.69) is 17.1 Å². The molecule has 0 bridgehead atoms. The van der Waals surface area contributed by atoms with Crippen molar-refractivity contribution >= 4 is 10.9 Å². The number of rotatable bonds is 4. The molecule has 1 aromatic heterocycles. The monoisotopic (exact) mass is 264 g/mol. The Kier molecular flexibility index (Phi) is 3.61. The minimum Gasteiger partial charge on any atom is -0.489 e. The second-order valence-electron chi connectivity index (χ2n) is 4.64. The molecule has 0 radical (unpaired) electrons. The fraction of sp³-hybridized carbons (Fsp3) is 0.118. The van der Waals surface area contributed by atoms with E-state index in [-0.39, 0.29) is 0 Å². The maximum Gasteiger partial charge on any atom is 0.120 e. The van der Waals surface area contributed by atoms with Gasteiger partial charge in [0.15, 0.2) is 0 Å². The van der Waals surface area contributed by atoms with Gasteiger partial charge < -0.3 is 10.5 Å². The SMILES string of the molecule is NCc1ccc2cc(OCc3ccccc3)ccc2n1. The van der Waals surface area contributed by atoms with E-state index in [0.29, 0.717) is 13.2 Å². The van der Waals surface area contributed by atoms with Crippen LogP contribution < -0.4 is 10.5 Å². The summed E-state index contributed by atoms with van der Waals surface area (Å²) in [6.07, 6.45) is 0. The van der Waals surface area contributed by atoms with Crippen molar-refractivity contribution in [3.8, 4) is 5.75 Å². The van der Waals surface area contributed by atoms with Gasteiger partial charge in [-0.15, -0.1) is 0 Å². The van der Waals surface area contributed by atoms with E-state index < -0.39 is 0 Å². The Morgan fingerprint density at radius 1 is 0.950 bits per heavy atom. The average Bonchev–Trinajstić information content (AvgIpc) is 2.53. The molecule has 0 aliphatic heterocycles. The zero-order valence-electron chi connectivity index (χ0n) is 11.1. The minimum absolute atomic E-state index is 0.461. The van der Waals surface area contributed by atoms with Gasteiger partial charge in [0, 0.05) is 11.9 Å². The molecule has 2 N–H and O–H groups in total. The molecule has 3 nitrogen and oxygen atoms in total. The summed E-state index contributed by atoms with van der Waals surface area (Å²) in [4.78, 5) is 4.47. The molecule has 0 saturated carbocycles. The van der Waals surface area contributed by atoms with Gasteiger partial charge >= 0.3 is 0 Å². The standard InChI is InChI=1S/C17H16N2O/c18-11-15-7-6-14-10-16(8-9-17(14)19-15)20-12-13-4-2-1-3-5-13/h1-10H,11-12,18H2. The molecular formula is C17H16N2O. The van der Waals surface area contributed by atoms with Crippen LogP contribution in [0.2, 0.25) is 0 Å². The van der Waals surface area contributed by atoms with Crippen LogP contribution in [0.15, 0.2) is 60.7 Å². The predicted molar refractivity (Wildman–Crippen MR) is 80.4 cm³/mol. The smallest absolute Gasteiger partial charge is 0.120 e. The Labute approximate surface area is 118 Å². The molecule has 20 heavy (non-hydrogen) atoms. The molecule has 100 valence electrons. The number of nitrogens with two attached hydrogens (primary N) is 1. The molecular weight excluding hydrogens is 248 g/mol. The highest BCUT2D eigenvalue weighted by Gasteiger charge is 2.00. The molecule has 0 unspecified atom stereocenters. The van der Waals surface area contributed by atoms with Gasteiger partial charge in [0.25, 0.3) is 0 Å². The van der Waals surface area contributed by atoms with Crippen molar-refractivity contribution in [2.45, 2.75) is 13.2 Å². The van der Waals surface area contributed by atoms with E-state index in [1.165, 1.54) is 0 Å². The first-order chi connectivity index (χ1) is 9.85. The summed E-state index contributed by atoms with van der Waals surface area (Å²) >= 11 is 0. The number of pyridine rings is 1. The number of nitrogens with zero attached hydrogens (tertiary/aromatic N) is 1. The zero-order chi connectivity index (χ0) is 13.8. The van der Waals surface area contributed by atoms with Gasteiger partial charge in [-0.05, 0) is 29.8 Å². The van der Waals surface area contributed by atoms with E-state index in [0.717, 1.165) is 27.9 Å². The molecule has 0 fully saturated rings. The van der Waals surface area contributed by atoms with Gasteiger partial charge in [-0.25, -0.2) is 0 Å². The molecule has 0 saturated heterocycles. The Morgan fingerprint density at radius 2 is 1.80 bits per heavy atom. The highest BCUT2D eigenvalue weighted by Crippen LogP contribution is 2.20. The maximum absolute atomic E-state index is 5.80. The lowest BCUT2D eigenvalue weighted by atomic mass is 10.2. The van der Waals surface area contributed by atoms with Crippen LogP contribution in [-0.2, 0) is 13.2 Å². The van der Waals surface area contributed by atoms with E-state index in [1.807, 2.05) is 48.5 Å². The van der Waals surface area contributed by atoms with Crippen LogP contribution in [0.4, 0.5) is 0 Å². The fourth-order valence-electron chi connectivity index (χ4n) is 2.09. The Bertz CT molecular complexity index is 711. The van der Waals surface area contributed by atoms with E-state index in [4.69, 9.17) is 10.5 Å². The van der Waals surface area contributed by atoms with Crippen molar-refractivity contribution in [1.82, 2.24) is 4.98 Å². The van der Waals surface area contributed by atoms with Crippen LogP contribution in [0.1, 0.15) is 11.3 Å². The van der Waals surface area contributed by atoms with Gasteiger partial charge in [-0.2, -0.15) is 0 Å². The molecule has 3 rings (SSSR count). The molecule has 0 atom stereocenters. The van der Waals surface area contributed by atoms with Crippen molar-refractivity contribution in [3.05, 3.63) is 71.9 Å². The molecule has 3 heteroatoms. The summed E-state index contributed by atoms with van der Waals surface area (Å²) in [5, 5.41) is 1.06. The number of benzene rings is 2. The van der Waals surface area contributed by atoms with Crippen LogP contribution in [0.25, 0.3) is 10.9 Å². The molecule has 2 aromatic carbocycles. The molecule has 1 heterocycles. The van der Waals surface area contributed by atoms with Gasteiger partial charge in [-0.3, -0.25) is 4.98 Å². The fourth-order valence-corrected chi connectivity index (χ4v) is 2.09. The second-order valence-corrected chi connectivity index (χ2v) is 4.64. The first-order valence-electron chi connectivity index (χ1n) is 6.61. The number of hydrogen-bond acceptors (Lipinski definition) is 3. The third-order valence-electron chi connectivity index (χ3n) is 3.18. The number of ether oxygens (including phenoxy) is 1. The number of fused-ring (bicyclic) bond motifs is 1. The van der Waals surface area contributed by atoms with Gasteiger partial charge in [-0.1, -0.05) is 36.4 Å². The third kappa shape index (κ3) is 2.78. The van der Waals surface area contributed by atoms with Crippen LogP contribution in [0.5, 0.6) is 5.75 Å². The lowest BCUT2D eigenvalue weighted by Crippen LogP contribution is -1.99. The maximum atomic E-state index is 5.80. The third-order valence-corrected chi connectivity index (χ3v) is 3.18. The Balaban J connectivity index is 1.79. The van der Waals surface area contributed by atoms with Crippen LogP contribution in [0, 0.1) is 0 Å². The summed E-state index contributed by atoms with van der Waals surface area (Å²) in [5.74, 6) is 0.851. The van der Waals surface area contributed by atoms with E-state index in [1.54, 1.807) is 0 Å². The van der Waals surface area contributed by atoms with Gasteiger partial charge in [0.2, 0.25) is 0 Å². The number of hydrogen-bond donors (Lipinski definition) is 1. The lowest BCUT2D eigenvalue weighted by molar-refractivity contribution is 0.306. The van der Waals surface area contributed by atoms with E-state index in [9.17, 15) is 0 Å². The molecule has 0 spiro atoms. The van der Waals surface area contributed by atoms with Crippen molar-refractivity contribution in [3.63, 3.8) is 0 Å². The Hall–Kier alpha value is -2.39. The first-order valence-corrected chi connectivity index (χ1v) is 6.61. The largest absolute Gasteiger partial charge is 0.489 e. The topological polar surface area (TPSA) is 48.1 Å². The van der Waals surface area contributed by atoms with Crippen molar-refractivity contribution in [2.75, 3.05) is 0 Å². The quantitative estimate of drug-likeness (QED) is 0.786. The van der Waals surface area contributed by atoms with Gasteiger partial charge in [0.05, 0.1) is 11.2 Å². The zero-order valence-corrected chi connectivity index (χ0v) is 11.1. The summed E-state index contributed by atoms with van der Waals surface area (Å²) in [6.45, 7) is 1.03. The predicted octanol–water partition coefficient (Wildman–Crippen LogP) is 3.27. The lowest BCUT2D eigenvalue weighted by Gasteiger charge is -2.07. The van der Waals surface area contributed by atoms with Crippen molar-refractivity contribution in [2.24, 2.45) is 5.73 Å². The van der Waals surface area contributed by atoms with E-state index >= 15 is 0 Å². The summed E-state index contributed by atoms with van der Waals surface area (Å²) < 4.78 is 5.80. The van der Waals surface area contributed by atoms with Crippen LogP contribution in [0.3, 0.4) is 0 Å². The average molecular weight is 264 g/mol. The van der Waals surface area contributed by atoms with Gasteiger partial charge in [0.1, 0.15) is 12.4 Å². The normalized spacial score (nSPS) is 10.7.